The van der Waals surface area contributed by atoms with E-state index in [2.05, 4.69) is 4.98 Å². The predicted molar refractivity (Wildman–Crippen MR) is 86.4 cm³/mol. The predicted octanol–water partition coefficient (Wildman–Crippen LogP) is 4.43. The Morgan fingerprint density at radius 1 is 1.08 bits per heavy atom. The van der Waals surface area contributed by atoms with Gasteiger partial charge in [0, 0.05) is 18.1 Å². The molecule has 2 aromatic carbocycles. The molecule has 0 unspecified atom stereocenters. The van der Waals surface area contributed by atoms with Gasteiger partial charge in [-0.2, -0.15) is 0 Å². The van der Waals surface area contributed by atoms with Crippen LogP contribution in [0.4, 0.5) is 13.2 Å². The van der Waals surface area contributed by atoms with Crippen molar-refractivity contribution in [2.45, 2.75) is 19.4 Å². The fourth-order valence-corrected chi connectivity index (χ4v) is 2.29. The third kappa shape index (κ3) is 4.30. The molecule has 0 atom stereocenters. The van der Waals surface area contributed by atoms with E-state index in [1.54, 1.807) is 12.1 Å². The van der Waals surface area contributed by atoms with E-state index < -0.39 is 23.4 Å². The molecule has 1 heterocycles. The maximum Gasteiger partial charge on any atom is 0.306 e. The number of aromatic nitrogens is 1. The number of halogens is 3. The van der Waals surface area contributed by atoms with Crippen molar-refractivity contribution < 1.29 is 27.1 Å². The standard InChI is InChI=1S/C19H14F3NO3/c20-13-5-6-14(16(22)9-13)17-10-23-18(26-17)7-8-19(24)25-11-12-3-1-2-4-15(12)21/h1-6,9-10H,7-8,11H2. The van der Waals surface area contributed by atoms with Crippen molar-refractivity contribution in [3.8, 4) is 11.3 Å². The van der Waals surface area contributed by atoms with E-state index in [-0.39, 0.29) is 42.2 Å². The third-order valence-electron chi connectivity index (χ3n) is 3.64. The van der Waals surface area contributed by atoms with Crippen LogP contribution in [0.15, 0.2) is 53.1 Å². The highest BCUT2D eigenvalue weighted by molar-refractivity contribution is 5.69. The van der Waals surface area contributed by atoms with Crippen LogP contribution in [0, 0.1) is 17.5 Å². The zero-order valence-corrected chi connectivity index (χ0v) is 13.5. The molecular weight excluding hydrogens is 347 g/mol. The minimum atomic E-state index is -0.767. The van der Waals surface area contributed by atoms with Crippen LogP contribution in [-0.2, 0) is 22.6 Å². The fraction of sp³-hybridized carbons (Fsp3) is 0.158. The number of oxazole rings is 1. The van der Waals surface area contributed by atoms with Crippen LogP contribution in [0.3, 0.4) is 0 Å². The Bertz CT molecular complexity index is 924. The average Bonchev–Trinajstić information content (AvgIpc) is 3.08. The van der Waals surface area contributed by atoms with E-state index in [4.69, 9.17) is 9.15 Å². The molecule has 1 aromatic heterocycles. The van der Waals surface area contributed by atoms with E-state index in [0.29, 0.717) is 0 Å². The van der Waals surface area contributed by atoms with Gasteiger partial charge in [0.2, 0.25) is 0 Å². The molecule has 0 aliphatic rings. The lowest BCUT2D eigenvalue weighted by Gasteiger charge is -2.05. The Hall–Kier alpha value is -3.09. The van der Waals surface area contributed by atoms with Crippen LogP contribution in [0.5, 0.6) is 0 Å². The number of carbonyl (C=O) groups is 1. The summed E-state index contributed by atoms with van der Waals surface area (Å²) in [5, 5.41) is 0. The first kappa shape index (κ1) is 17.7. The van der Waals surface area contributed by atoms with Crippen molar-refractivity contribution in [3.05, 3.63) is 77.6 Å². The zero-order chi connectivity index (χ0) is 18.5. The summed E-state index contributed by atoms with van der Waals surface area (Å²) in [6, 6.07) is 9.11. The lowest BCUT2D eigenvalue weighted by molar-refractivity contribution is -0.145. The van der Waals surface area contributed by atoms with Crippen molar-refractivity contribution in [3.63, 3.8) is 0 Å². The van der Waals surface area contributed by atoms with E-state index in [0.717, 1.165) is 12.1 Å². The number of benzene rings is 2. The summed E-state index contributed by atoms with van der Waals surface area (Å²) in [7, 11) is 0. The van der Waals surface area contributed by atoms with Gasteiger partial charge in [-0.25, -0.2) is 18.2 Å². The normalized spacial score (nSPS) is 10.7. The molecule has 0 spiro atoms. The SMILES string of the molecule is O=C(CCc1ncc(-c2ccc(F)cc2F)o1)OCc1ccccc1F. The van der Waals surface area contributed by atoms with E-state index >= 15 is 0 Å². The fourth-order valence-electron chi connectivity index (χ4n) is 2.29. The van der Waals surface area contributed by atoms with E-state index in [9.17, 15) is 18.0 Å². The average molecular weight is 361 g/mol. The van der Waals surface area contributed by atoms with Gasteiger partial charge >= 0.3 is 5.97 Å². The molecule has 4 nitrogen and oxygen atoms in total. The van der Waals surface area contributed by atoms with Gasteiger partial charge in [0.25, 0.3) is 0 Å². The first-order valence-electron chi connectivity index (χ1n) is 7.82. The summed E-state index contributed by atoms with van der Waals surface area (Å²) >= 11 is 0. The monoisotopic (exact) mass is 361 g/mol. The minimum absolute atomic E-state index is 0.0275. The van der Waals surface area contributed by atoms with Gasteiger partial charge in [-0.3, -0.25) is 4.79 Å². The molecule has 0 aliphatic carbocycles. The van der Waals surface area contributed by atoms with Crippen molar-refractivity contribution >= 4 is 5.97 Å². The largest absolute Gasteiger partial charge is 0.461 e. The Balaban J connectivity index is 1.54. The molecule has 0 radical (unpaired) electrons. The molecule has 0 fully saturated rings. The number of rotatable bonds is 6. The van der Waals surface area contributed by atoms with E-state index in [1.807, 2.05) is 0 Å². The van der Waals surface area contributed by atoms with Gasteiger partial charge < -0.3 is 9.15 Å². The summed E-state index contributed by atoms with van der Waals surface area (Å²) in [5.41, 5.74) is 0.360. The molecule has 7 heteroatoms. The Morgan fingerprint density at radius 3 is 2.65 bits per heavy atom. The third-order valence-corrected chi connectivity index (χ3v) is 3.64. The van der Waals surface area contributed by atoms with Crippen molar-refractivity contribution in [1.29, 1.82) is 0 Å². The molecule has 0 N–H and O–H groups in total. The number of nitrogens with zero attached hydrogens (tertiary/aromatic N) is 1. The maximum atomic E-state index is 13.7. The minimum Gasteiger partial charge on any atom is -0.461 e. The van der Waals surface area contributed by atoms with Crippen LogP contribution < -0.4 is 0 Å². The number of carbonyl (C=O) groups excluding carboxylic acids is 1. The summed E-state index contributed by atoms with van der Waals surface area (Å²) < 4.78 is 50.5. The molecule has 3 aromatic rings. The van der Waals surface area contributed by atoms with Crippen molar-refractivity contribution in [1.82, 2.24) is 4.98 Å². The van der Waals surface area contributed by atoms with Gasteiger partial charge in [-0.05, 0) is 18.2 Å². The second-order valence-electron chi connectivity index (χ2n) is 5.49. The van der Waals surface area contributed by atoms with Gasteiger partial charge in [0.1, 0.15) is 24.1 Å². The summed E-state index contributed by atoms with van der Waals surface area (Å²) in [6.07, 6.45) is 1.41. The van der Waals surface area contributed by atoms with Gasteiger partial charge in [0.15, 0.2) is 11.7 Å². The van der Waals surface area contributed by atoms with Crippen molar-refractivity contribution in [2.75, 3.05) is 0 Å². The Labute approximate surface area is 147 Å². The van der Waals surface area contributed by atoms with Crippen molar-refractivity contribution in [2.24, 2.45) is 0 Å². The van der Waals surface area contributed by atoms with Gasteiger partial charge in [-0.15, -0.1) is 0 Å². The zero-order valence-electron chi connectivity index (χ0n) is 13.5. The molecule has 3 rings (SSSR count). The molecule has 0 bridgehead atoms. The molecule has 0 saturated heterocycles. The highest BCUT2D eigenvalue weighted by Gasteiger charge is 2.13. The second kappa shape index (κ2) is 7.86. The topological polar surface area (TPSA) is 52.3 Å². The Morgan fingerprint density at radius 2 is 1.88 bits per heavy atom. The molecule has 0 saturated carbocycles. The van der Waals surface area contributed by atoms with Crippen LogP contribution in [0.1, 0.15) is 17.9 Å². The number of hydrogen-bond donors (Lipinski definition) is 0. The molecule has 0 amide bonds. The quantitative estimate of drug-likeness (QED) is 0.610. The van der Waals surface area contributed by atoms with Crippen LogP contribution in [0.25, 0.3) is 11.3 Å². The highest BCUT2D eigenvalue weighted by atomic mass is 19.1. The number of hydrogen-bond acceptors (Lipinski definition) is 4. The molecule has 26 heavy (non-hydrogen) atoms. The second-order valence-corrected chi connectivity index (χ2v) is 5.49. The molecule has 0 aliphatic heterocycles. The van der Waals surface area contributed by atoms with Crippen LogP contribution in [0.2, 0.25) is 0 Å². The lowest BCUT2D eigenvalue weighted by atomic mass is 10.2. The van der Waals surface area contributed by atoms with E-state index in [1.165, 1.54) is 24.4 Å². The molecule has 134 valence electrons. The van der Waals surface area contributed by atoms with Gasteiger partial charge in [-0.1, -0.05) is 18.2 Å². The lowest BCUT2D eigenvalue weighted by Crippen LogP contribution is -2.07. The highest BCUT2D eigenvalue weighted by Crippen LogP contribution is 2.24. The first-order chi connectivity index (χ1) is 12.5. The van der Waals surface area contributed by atoms with Crippen LogP contribution in [-0.4, -0.2) is 11.0 Å². The summed E-state index contributed by atoms with van der Waals surface area (Å²) in [6.45, 7) is -0.164. The maximum absolute atomic E-state index is 13.7. The number of ether oxygens (including phenoxy) is 1. The number of esters is 1. The summed E-state index contributed by atoms with van der Waals surface area (Å²) in [5.74, 6) is -2.09. The Kier molecular flexibility index (Phi) is 5.36. The van der Waals surface area contributed by atoms with Crippen LogP contribution >= 0.6 is 0 Å². The summed E-state index contributed by atoms with van der Waals surface area (Å²) in [4.78, 5) is 15.7. The smallest absolute Gasteiger partial charge is 0.306 e. The first-order valence-corrected chi connectivity index (χ1v) is 7.82. The number of aryl methyl sites for hydroxylation is 1. The van der Waals surface area contributed by atoms with Gasteiger partial charge in [0.05, 0.1) is 18.2 Å². The molecular formula is C19H14F3NO3.